The minimum atomic E-state index is -0.502. The predicted molar refractivity (Wildman–Crippen MR) is 255 cm³/mol. The van der Waals surface area contributed by atoms with Gasteiger partial charge in [-0.1, -0.05) is 125 Å². The molecule has 1 aromatic heterocycles. The van der Waals surface area contributed by atoms with Crippen molar-refractivity contribution in [3.63, 3.8) is 0 Å². The van der Waals surface area contributed by atoms with Crippen LogP contribution in [0.4, 0.5) is 16.2 Å². The Morgan fingerprint density at radius 3 is 1.84 bits per heavy atom. The highest BCUT2D eigenvalue weighted by Crippen LogP contribution is 2.40. The van der Waals surface area contributed by atoms with E-state index in [1.807, 2.05) is 0 Å². The summed E-state index contributed by atoms with van der Waals surface area (Å²) in [4.78, 5) is 23.8. The molecule has 0 aliphatic carbocycles. The Hall–Kier alpha value is -2.60. The van der Waals surface area contributed by atoms with Gasteiger partial charge in [-0.3, -0.25) is 10.1 Å². The number of nitrogens with zero attached hydrogens (tertiary/aromatic N) is 3. The summed E-state index contributed by atoms with van der Waals surface area (Å²) in [5.74, 6) is 0. The van der Waals surface area contributed by atoms with E-state index >= 15 is 0 Å². The number of aromatic nitrogens is 2. The van der Waals surface area contributed by atoms with Crippen molar-refractivity contribution >= 4 is 37.3 Å². The quantitative estimate of drug-likeness (QED) is 0.0362. The third kappa shape index (κ3) is 22.8. The molecule has 2 rings (SSSR count). The fourth-order valence-electron chi connectivity index (χ4n) is 9.59. The highest BCUT2D eigenvalue weighted by atomic mass is 31.1. The minimum Gasteiger partial charge on any atom is -0.449 e. The van der Waals surface area contributed by atoms with Gasteiger partial charge in [0.05, 0.1) is 30.4 Å². The molecule has 0 aliphatic rings. The molecule has 14 heteroatoms. The third-order valence-corrected chi connectivity index (χ3v) is 12.3. The van der Waals surface area contributed by atoms with E-state index in [2.05, 4.69) is 146 Å². The standard InChI is InChI=1S/C48H88N5O8P/c1-41(2,3)27-43(7,8)21-23-57-25-35(58-24-22-44(9,10)28-42(4,5)6)26-60-62-34-48(17,18)30-47(15,16)33-59-40(54)50-32-46(13,14)29-45(11,12)31-49-36-19-20-37(53(55)56)39-38(36)51-61-52-39/h19-20,35,49,62H,21-34H2,1-18H3,(H,50,54). The van der Waals surface area contributed by atoms with Crippen LogP contribution in [-0.2, 0) is 18.7 Å². The number of ether oxygens (including phenoxy) is 3. The van der Waals surface area contributed by atoms with Crippen LogP contribution in [0.3, 0.4) is 0 Å². The minimum absolute atomic E-state index is 0.0315. The summed E-state index contributed by atoms with van der Waals surface area (Å²) in [6, 6.07) is 3.02. The van der Waals surface area contributed by atoms with Crippen LogP contribution >= 0.6 is 8.81 Å². The van der Waals surface area contributed by atoms with E-state index in [4.69, 9.17) is 23.4 Å². The monoisotopic (exact) mass is 894 g/mol. The van der Waals surface area contributed by atoms with Crippen LogP contribution in [0, 0.1) is 53.4 Å². The number of carbonyl (C=O) groups is 1. The zero-order chi connectivity index (χ0) is 47.4. The fourth-order valence-corrected chi connectivity index (χ4v) is 10.5. The van der Waals surface area contributed by atoms with Crippen molar-refractivity contribution in [2.24, 2.45) is 43.3 Å². The Morgan fingerprint density at radius 2 is 1.26 bits per heavy atom. The van der Waals surface area contributed by atoms with Crippen molar-refractivity contribution in [3.8, 4) is 0 Å². The number of non-ortho nitro benzene ring substituents is 1. The molecule has 0 saturated carbocycles. The summed E-state index contributed by atoms with van der Waals surface area (Å²) in [5, 5.41) is 25.3. The molecule has 2 aromatic rings. The maximum absolute atomic E-state index is 13.0. The number of amides is 1. The molecule has 1 aromatic carbocycles. The van der Waals surface area contributed by atoms with Gasteiger partial charge in [0, 0.05) is 41.2 Å². The topological polar surface area (TPSA) is 160 Å². The number of carbonyl (C=O) groups excluding carboxylic acids is 1. The molecule has 0 spiro atoms. The Kier molecular flexibility index (Phi) is 20.2. The van der Waals surface area contributed by atoms with Gasteiger partial charge < -0.3 is 29.4 Å². The number of nitro benzene ring substituents is 1. The van der Waals surface area contributed by atoms with E-state index in [0.717, 1.165) is 44.7 Å². The molecule has 0 aliphatic heterocycles. The maximum atomic E-state index is 13.0. The molecule has 0 fully saturated rings. The summed E-state index contributed by atoms with van der Waals surface area (Å²) in [6.07, 6.45) is 6.23. The van der Waals surface area contributed by atoms with Crippen molar-refractivity contribution < 1.29 is 33.1 Å². The van der Waals surface area contributed by atoms with Gasteiger partial charge >= 0.3 is 11.8 Å². The summed E-state index contributed by atoms with van der Waals surface area (Å²) in [6.45, 7) is 44.1. The molecule has 2 atom stereocenters. The molecule has 13 nitrogen and oxygen atoms in total. The van der Waals surface area contributed by atoms with Crippen LogP contribution in [0.25, 0.3) is 11.0 Å². The van der Waals surface area contributed by atoms with Crippen molar-refractivity contribution in [2.75, 3.05) is 57.6 Å². The largest absolute Gasteiger partial charge is 0.449 e. The first-order valence-corrected chi connectivity index (χ1v) is 23.8. The lowest BCUT2D eigenvalue weighted by molar-refractivity contribution is -0.383. The second kappa shape index (κ2) is 22.5. The highest BCUT2D eigenvalue weighted by Gasteiger charge is 2.33. The van der Waals surface area contributed by atoms with Crippen molar-refractivity contribution in [3.05, 3.63) is 22.2 Å². The number of hydrogen-bond donors (Lipinski definition) is 2. The van der Waals surface area contributed by atoms with Crippen molar-refractivity contribution in [1.82, 2.24) is 15.6 Å². The molecular weight excluding hydrogens is 806 g/mol. The first-order valence-electron chi connectivity index (χ1n) is 22.7. The second-order valence-electron chi connectivity index (χ2n) is 25.1. The number of alkyl carbamates (subject to hydrolysis) is 1. The Labute approximate surface area is 377 Å². The molecule has 62 heavy (non-hydrogen) atoms. The predicted octanol–water partition coefficient (Wildman–Crippen LogP) is 12.9. The average molecular weight is 894 g/mol. The lowest BCUT2D eigenvalue weighted by Crippen LogP contribution is -2.39. The van der Waals surface area contributed by atoms with Crippen LogP contribution in [0.5, 0.6) is 0 Å². The summed E-state index contributed by atoms with van der Waals surface area (Å²) < 4.78 is 29.6. The third-order valence-electron chi connectivity index (χ3n) is 10.9. The summed E-state index contributed by atoms with van der Waals surface area (Å²) in [5.41, 5.74) is 1.10. The molecule has 358 valence electrons. The maximum Gasteiger partial charge on any atom is 0.407 e. The average Bonchev–Trinajstić information content (AvgIpc) is 3.56. The van der Waals surface area contributed by atoms with Gasteiger partial charge in [-0.15, -0.1) is 0 Å². The Balaban J connectivity index is 1.84. The number of hydrogen-bond acceptors (Lipinski definition) is 11. The van der Waals surface area contributed by atoms with Gasteiger partial charge in [-0.2, -0.15) is 0 Å². The lowest BCUT2D eigenvalue weighted by atomic mass is 9.74. The molecule has 0 saturated heterocycles. The van der Waals surface area contributed by atoms with Crippen LogP contribution in [0.2, 0.25) is 0 Å². The molecule has 2 unspecified atom stereocenters. The highest BCUT2D eigenvalue weighted by molar-refractivity contribution is 7.32. The molecular formula is C48H88N5O8P. The van der Waals surface area contributed by atoms with Crippen LogP contribution in [0.15, 0.2) is 16.8 Å². The second-order valence-corrected chi connectivity index (χ2v) is 26.1. The molecule has 1 heterocycles. The molecule has 0 radical (unpaired) electrons. The number of benzene rings is 1. The van der Waals surface area contributed by atoms with E-state index < -0.39 is 11.0 Å². The zero-order valence-corrected chi connectivity index (χ0v) is 43.2. The number of fused-ring (bicyclic) bond motifs is 1. The summed E-state index contributed by atoms with van der Waals surface area (Å²) in [7, 11) is 0.316. The van der Waals surface area contributed by atoms with Gasteiger partial charge in [-0.05, 0) is 104 Å². The van der Waals surface area contributed by atoms with E-state index in [0.29, 0.717) is 66.1 Å². The van der Waals surface area contributed by atoms with Gasteiger partial charge in [0.1, 0.15) is 6.10 Å². The number of rotatable bonds is 28. The normalized spacial score (nSPS) is 14.5. The molecule has 1 amide bonds. The van der Waals surface area contributed by atoms with Crippen molar-refractivity contribution in [2.45, 2.75) is 169 Å². The van der Waals surface area contributed by atoms with Gasteiger partial charge in [0.25, 0.3) is 0 Å². The SMILES string of the molecule is CC(C)(C)CC(C)(C)CCOCC(COPCC(C)(C)CC(C)(C)COC(=O)NCC(C)(C)CC(C)(C)CNc1ccc([N+](=O)[O-])c2nonc12)OCCC(C)(C)CC(C)(C)C. The Morgan fingerprint density at radius 1 is 0.710 bits per heavy atom. The van der Waals surface area contributed by atoms with Gasteiger partial charge in [-0.25, -0.2) is 9.42 Å². The van der Waals surface area contributed by atoms with Gasteiger partial charge in [0.15, 0.2) is 5.52 Å². The summed E-state index contributed by atoms with van der Waals surface area (Å²) >= 11 is 0. The van der Waals surface area contributed by atoms with Crippen molar-refractivity contribution in [1.29, 1.82) is 0 Å². The van der Waals surface area contributed by atoms with E-state index in [1.54, 1.807) is 6.07 Å². The van der Waals surface area contributed by atoms with Crippen LogP contribution in [0.1, 0.15) is 163 Å². The van der Waals surface area contributed by atoms with E-state index in [-0.39, 0.29) is 60.6 Å². The zero-order valence-electron chi connectivity index (χ0n) is 42.2. The number of anilines is 1. The number of nitro groups is 1. The van der Waals surface area contributed by atoms with E-state index in [9.17, 15) is 14.9 Å². The Bertz CT molecular complexity index is 1690. The number of nitrogens with one attached hydrogen (secondary N) is 2. The lowest BCUT2D eigenvalue weighted by Gasteiger charge is -2.36. The molecule has 0 bridgehead atoms. The first kappa shape index (κ1) is 55.5. The van der Waals surface area contributed by atoms with Crippen LogP contribution in [-0.4, -0.2) is 79.7 Å². The van der Waals surface area contributed by atoms with Crippen LogP contribution < -0.4 is 10.6 Å². The van der Waals surface area contributed by atoms with E-state index in [1.165, 1.54) is 6.07 Å². The smallest absolute Gasteiger partial charge is 0.407 e. The first-order chi connectivity index (χ1) is 28.1. The fraction of sp³-hybridized carbons (Fsp3) is 0.854. The van der Waals surface area contributed by atoms with Gasteiger partial charge in [0.2, 0.25) is 5.52 Å². The molecule has 2 N–H and O–H groups in total.